The van der Waals surface area contributed by atoms with Crippen molar-refractivity contribution in [2.75, 3.05) is 33.1 Å². The van der Waals surface area contributed by atoms with Crippen LogP contribution < -0.4 is 0 Å². The van der Waals surface area contributed by atoms with Crippen molar-refractivity contribution in [1.29, 1.82) is 0 Å². The summed E-state index contributed by atoms with van der Waals surface area (Å²) < 4.78 is 95.6. The second-order valence-electron chi connectivity index (χ2n) is 10.5. The first-order valence-corrected chi connectivity index (χ1v) is 14.6. The Morgan fingerprint density at radius 3 is 2.20 bits per heavy atom. The van der Waals surface area contributed by atoms with Crippen LogP contribution in [0.5, 0.6) is 0 Å². The van der Waals surface area contributed by atoms with Crippen molar-refractivity contribution in [3.63, 3.8) is 0 Å². The number of hydrogen-bond donors (Lipinski definition) is 0. The Morgan fingerprint density at radius 1 is 1.07 bits per heavy atom. The molecule has 0 N–H and O–H groups in total. The summed E-state index contributed by atoms with van der Waals surface area (Å²) in [5.41, 5.74) is 0.918. The van der Waals surface area contributed by atoms with E-state index in [1.807, 2.05) is 0 Å². The molecule has 1 saturated carbocycles. The van der Waals surface area contributed by atoms with E-state index in [0.29, 0.717) is 56.5 Å². The lowest BCUT2D eigenvalue weighted by molar-refractivity contribution is -0.216. The van der Waals surface area contributed by atoms with E-state index < -0.39 is 43.9 Å². The van der Waals surface area contributed by atoms with Gasteiger partial charge in [0, 0.05) is 19.1 Å². The summed E-state index contributed by atoms with van der Waals surface area (Å²) >= 11 is 0. The first-order chi connectivity index (χ1) is 19.1. The van der Waals surface area contributed by atoms with Gasteiger partial charge in [-0.25, -0.2) is 22.0 Å². The Balaban J connectivity index is 1.56. The molecule has 2 aromatic carbocycles. The molecule has 0 bridgehead atoms. The fraction of sp³-hybridized carbons (Fsp3) is 0.481. The molecule has 8 nitrogen and oxygen atoms in total. The van der Waals surface area contributed by atoms with Crippen LogP contribution in [0.25, 0.3) is 0 Å². The molecule has 0 radical (unpaired) electrons. The third-order valence-corrected chi connectivity index (χ3v) is 8.27. The summed E-state index contributed by atoms with van der Waals surface area (Å²) in [7, 11) is -3.24. The number of piperidine rings is 1. The van der Waals surface area contributed by atoms with Crippen LogP contribution in [-0.4, -0.2) is 68.9 Å². The minimum Gasteiger partial charge on any atom is -0.384 e. The fourth-order valence-electron chi connectivity index (χ4n) is 5.17. The van der Waals surface area contributed by atoms with Crippen LogP contribution >= 0.6 is 0 Å². The summed E-state index contributed by atoms with van der Waals surface area (Å²) in [4.78, 5) is 30.1. The molecule has 0 unspecified atom stereocenters. The average Bonchev–Trinajstić information content (AvgIpc) is 3.73. The van der Waals surface area contributed by atoms with E-state index in [2.05, 4.69) is 9.74 Å². The third kappa shape index (κ3) is 7.04. The number of halogens is 5. The average molecular weight is 605 g/mol. The maximum atomic E-state index is 15.2. The zero-order valence-electron chi connectivity index (χ0n) is 22.3. The van der Waals surface area contributed by atoms with Crippen molar-refractivity contribution in [2.45, 2.75) is 49.7 Å². The van der Waals surface area contributed by atoms with Crippen LogP contribution in [0.1, 0.15) is 58.6 Å². The first kappa shape index (κ1) is 30.8. The van der Waals surface area contributed by atoms with Gasteiger partial charge in [0.1, 0.15) is 11.6 Å². The molecule has 2 fully saturated rings. The van der Waals surface area contributed by atoms with Crippen molar-refractivity contribution in [1.82, 2.24) is 9.37 Å². The molecule has 2 aromatic rings. The second kappa shape index (κ2) is 11.6. The summed E-state index contributed by atoms with van der Waals surface area (Å²) in [6, 6.07) is 8.49. The van der Waals surface area contributed by atoms with Gasteiger partial charge in [0.15, 0.2) is 0 Å². The quantitative estimate of drug-likeness (QED) is 0.325. The van der Waals surface area contributed by atoms with Crippen molar-refractivity contribution < 1.29 is 49.5 Å². The van der Waals surface area contributed by atoms with Gasteiger partial charge in [-0.15, -0.1) is 0 Å². The largest absolute Gasteiger partial charge is 0.493 e. The minimum atomic E-state index is -5.59. The molecule has 14 heteroatoms. The molecular weight excluding hydrogens is 575 g/mol. The molecule has 0 aromatic heterocycles. The van der Waals surface area contributed by atoms with Gasteiger partial charge in [0.2, 0.25) is 0 Å². The van der Waals surface area contributed by atoms with Gasteiger partial charge < -0.3 is 9.57 Å². The van der Waals surface area contributed by atoms with E-state index >= 15 is 4.39 Å². The van der Waals surface area contributed by atoms with E-state index in [4.69, 9.17) is 4.74 Å². The molecule has 0 atom stereocenters. The molecule has 1 aliphatic heterocycles. The Kier molecular flexibility index (Phi) is 8.76. The van der Waals surface area contributed by atoms with Crippen LogP contribution in [0.15, 0.2) is 36.4 Å². The minimum absolute atomic E-state index is 0.0434. The van der Waals surface area contributed by atoms with E-state index in [0.717, 1.165) is 30.5 Å². The number of benzene rings is 2. The zero-order valence-corrected chi connectivity index (χ0v) is 23.2. The predicted octanol–water partition coefficient (Wildman–Crippen LogP) is 4.44. The molecule has 224 valence electrons. The van der Waals surface area contributed by atoms with Gasteiger partial charge in [0.05, 0.1) is 18.4 Å². The number of carbonyl (C=O) groups excluding carboxylic acids is 2. The van der Waals surface area contributed by atoms with Crippen LogP contribution in [0.2, 0.25) is 0 Å². The Bertz CT molecular complexity index is 1400. The number of rotatable bonds is 8. The number of alkyl halides is 3. The molecule has 1 amide bonds. The third-order valence-electron chi connectivity index (χ3n) is 7.43. The first-order valence-electron chi connectivity index (χ1n) is 12.8. The van der Waals surface area contributed by atoms with Crippen molar-refractivity contribution in [3.8, 4) is 0 Å². The molecule has 1 saturated heterocycles. The highest BCUT2D eigenvalue weighted by molar-refractivity contribution is 7.88. The number of likely N-dealkylation sites (tertiary alicyclic amines) is 1. The molecule has 1 aliphatic carbocycles. The van der Waals surface area contributed by atoms with E-state index in [9.17, 15) is 35.6 Å². The van der Waals surface area contributed by atoms with Crippen LogP contribution in [0.3, 0.4) is 0 Å². The topological polar surface area (TPSA) is 93.2 Å². The van der Waals surface area contributed by atoms with Crippen molar-refractivity contribution >= 4 is 21.9 Å². The number of carbonyl (C=O) groups is 2. The molecular formula is C27H29F5N2O6S. The van der Waals surface area contributed by atoms with Gasteiger partial charge in [-0.1, -0.05) is 16.6 Å². The van der Waals surface area contributed by atoms with E-state index in [-0.39, 0.29) is 17.2 Å². The summed E-state index contributed by atoms with van der Waals surface area (Å²) in [5, 5.41) is 0. The highest BCUT2D eigenvalue weighted by atomic mass is 32.2. The molecule has 2 aliphatic rings. The number of nitrogens with zero attached hydrogens (tertiary/aromatic N) is 2. The molecule has 1 heterocycles. The Hall–Kier alpha value is -3.10. The fourth-order valence-corrected chi connectivity index (χ4v) is 5.77. The SMILES string of the molecule is COCC1(c2ccc(F)cc2)CCN(Cc2cc(F)c(C(=O)N(OC(=O)C(F)(F)F)S(C)(=O)=O)cc2C2CC2)CC1. The summed E-state index contributed by atoms with van der Waals surface area (Å²) in [5.74, 6) is -6.24. The van der Waals surface area contributed by atoms with Crippen LogP contribution in [-0.2, 0) is 36.4 Å². The smallest absolute Gasteiger partial charge is 0.384 e. The zero-order chi connectivity index (χ0) is 30.2. The van der Waals surface area contributed by atoms with Crippen LogP contribution in [0, 0.1) is 11.6 Å². The highest BCUT2D eigenvalue weighted by Gasteiger charge is 2.46. The normalized spacial score (nSPS) is 17.7. The number of sulfonamides is 1. The maximum Gasteiger partial charge on any atom is 0.493 e. The monoisotopic (exact) mass is 604 g/mol. The highest BCUT2D eigenvalue weighted by Crippen LogP contribution is 2.43. The number of hydrogen-bond acceptors (Lipinski definition) is 7. The van der Waals surface area contributed by atoms with Gasteiger partial charge in [-0.3, -0.25) is 9.69 Å². The lowest BCUT2D eigenvalue weighted by atomic mass is 9.73. The number of methoxy groups -OCH3 is 1. The number of amides is 1. The number of hydroxylamine groups is 1. The molecule has 41 heavy (non-hydrogen) atoms. The predicted molar refractivity (Wildman–Crippen MR) is 136 cm³/mol. The van der Waals surface area contributed by atoms with Gasteiger partial charge in [-0.05, 0) is 85.6 Å². The molecule has 4 rings (SSSR count). The van der Waals surface area contributed by atoms with E-state index in [1.165, 1.54) is 12.1 Å². The van der Waals surface area contributed by atoms with Crippen molar-refractivity contribution in [2.24, 2.45) is 0 Å². The van der Waals surface area contributed by atoms with Crippen molar-refractivity contribution in [3.05, 3.63) is 70.3 Å². The summed E-state index contributed by atoms with van der Waals surface area (Å²) in [6.45, 7) is 1.94. The maximum absolute atomic E-state index is 15.2. The summed E-state index contributed by atoms with van der Waals surface area (Å²) in [6.07, 6.45) is -2.42. The second-order valence-corrected chi connectivity index (χ2v) is 12.3. The van der Waals surface area contributed by atoms with Gasteiger partial charge >= 0.3 is 18.1 Å². The van der Waals surface area contributed by atoms with Gasteiger partial charge in [0.25, 0.3) is 10.0 Å². The molecule has 0 spiro atoms. The Labute approximate surface area is 234 Å². The Morgan fingerprint density at radius 2 is 1.68 bits per heavy atom. The van der Waals surface area contributed by atoms with Gasteiger partial charge in [-0.2, -0.15) is 13.2 Å². The van der Waals surface area contributed by atoms with Crippen LogP contribution in [0.4, 0.5) is 22.0 Å². The number of ether oxygens (including phenoxy) is 1. The lowest BCUT2D eigenvalue weighted by Crippen LogP contribution is -2.45. The van der Waals surface area contributed by atoms with E-state index in [1.54, 1.807) is 19.2 Å². The lowest BCUT2D eigenvalue weighted by Gasteiger charge is -2.42. The standard InChI is InChI=1S/C27H29F5N2O6S/c1-39-16-26(19-5-7-20(28)8-6-19)9-11-33(12-10-26)15-18-13-23(29)22(14-21(18)17-3-4-17)24(35)34(41(2,37)38)40-25(36)27(30,31)32/h5-8,13-14,17H,3-4,9-12,15-16H2,1-2H3.